The second-order valence-corrected chi connectivity index (χ2v) is 6.85. The molecule has 0 saturated heterocycles. The summed E-state index contributed by atoms with van der Waals surface area (Å²) in [5.41, 5.74) is 6.70. The van der Waals surface area contributed by atoms with Gasteiger partial charge < -0.3 is 5.32 Å². The van der Waals surface area contributed by atoms with Crippen LogP contribution in [0.15, 0.2) is 59.3 Å². The summed E-state index contributed by atoms with van der Waals surface area (Å²) in [6.07, 6.45) is 2.06. The zero-order valence-electron chi connectivity index (χ0n) is 15.3. The lowest BCUT2D eigenvalue weighted by molar-refractivity contribution is -0.383. The van der Waals surface area contributed by atoms with E-state index in [1.54, 1.807) is 24.3 Å². The van der Waals surface area contributed by atoms with Gasteiger partial charge in [-0.2, -0.15) is 0 Å². The number of aryl methyl sites for hydroxylation is 1. The number of amides is 1. The van der Waals surface area contributed by atoms with Crippen molar-refractivity contribution in [2.75, 3.05) is 10.7 Å². The molecule has 0 radical (unpaired) electrons. The molecule has 0 bridgehead atoms. The lowest BCUT2D eigenvalue weighted by Gasteiger charge is -2.11. The summed E-state index contributed by atoms with van der Waals surface area (Å²) in [7, 11) is 0. The predicted molar refractivity (Wildman–Crippen MR) is 113 cm³/mol. The number of nitrogens with one attached hydrogen (secondary N) is 3. The minimum atomic E-state index is -0.614. The molecule has 10 heteroatoms. The van der Waals surface area contributed by atoms with E-state index in [9.17, 15) is 14.9 Å². The molecule has 9 nitrogen and oxygen atoms in total. The van der Waals surface area contributed by atoms with Gasteiger partial charge in [0.25, 0.3) is 5.91 Å². The van der Waals surface area contributed by atoms with E-state index in [1.807, 2.05) is 31.2 Å². The zero-order valence-corrected chi connectivity index (χ0v) is 16.9. The average Bonchev–Trinajstić information content (AvgIpc) is 2.73. The fourth-order valence-corrected chi connectivity index (χ4v) is 2.75. The molecule has 0 aliphatic rings. The lowest BCUT2D eigenvalue weighted by atomic mass is 10.1. The second kappa shape index (κ2) is 9.11. The van der Waals surface area contributed by atoms with Gasteiger partial charge in [-0.3, -0.25) is 25.8 Å². The van der Waals surface area contributed by atoms with Crippen LogP contribution >= 0.6 is 15.9 Å². The third-order valence-electron chi connectivity index (χ3n) is 4.03. The molecule has 0 fully saturated rings. The first kappa shape index (κ1) is 20.2. The van der Waals surface area contributed by atoms with E-state index >= 15 is 0 Å². The molecule has 0 unspecified atom stereocenters. The van der Waals surface area contributed by atoms with Crippen LogP contribution in [0.1, 0.15) is 22.8 Å². The number of nitro groups is 1. The number of hydrazine groups is 1. The first-order valence-electron chi connectivity index (χ1n) is 8.65. The van der Waals surface area contributed by atoms with E-state index in [0.717, 1.165) is 16.5 Å². The van der Waals surface area contributed by atoms with Gasteiger partial charge in [-0.05, 0) is 48.4 Å². The van der Waals surface area contributed by atoms with Crippen LogP contribution in [0, 0.1) is 10.1 Å². The Balaban J connectivity index is 1.79. The fourth-order valence-electron chi connectivity index (χ4n) is 2.48. The van der Waals surface area contributed by atoms with Crippen LogP contribution in [0.2, 0.25) is 0 Å². The Hall–Kier alpha value is -3.53. The molecule has 0 aliphatic carbocycles. The number of rotatable bonds is 7. The second-order valence-electron chi connectivity index (χ2n) is 5.94. The Morgan fingerprint density at radius 1 is 1.07 bits per heavy atom. The Labute approximate surface area is 174 Å². The van der Waals surface area contributed by atoms with Crippen molar-refractivity contribution in [2.45, 2.75) is 13.3 Å². The molecule has 0 spiro atoms. The van der Waals surface area contributed by atoms with Crippen LogP contribution in [0.25, 0.3) is 0 Å². The van der Waals surface area contributed by atoms with Crippen LogP contribution in [0.4, 0.5) is 23.0 Å². The molecule has 29 heavy (non-hydrogen) atoms. The highest BCUT2D eigenvalue weighted by atomic mass is 79.9. The number of hydrogen-bond donors (Lipinski definition) is 3. The maximum absolute atomic E-state index is 12.2. The number of benzene rings is 2. The van der Waals surface area contributed by atoms with Crippen molar-refractivity contribution in [1.29, 1.82) is 0 Å². The van der Waals surface area contributed by atoms with Gasteiger partial charge in [-0.1, -0.05) is 35.0 Å². The number of anilines is 3. The van der Waals surface area contributed by atoms with Crippen molar-refractivity contribution in [1.82, 2.24) is 15.4 Å². The van der Waals surface area contributed by atoms with Crippen molar-refractivity contribution >= 4 is 44.8 Å². The zero-order chi connectivity index (χ0) is 20.8. The SMILES string of the molecule is CCc1ccc(Nc2ncnc(NNC(=O)c3ccc(Br)cc3)c2[N+](=O)[O-])cc1. The van der Waals surface area contributed by atoms with Gasteiger partial charge in [-0.15, -0.1) is 0 Å². The van der Waals surface area contributed by atoms with Crippen LogP contribution in [0.3, 0.4) is 0 Å². The summed E-state index contributed by atoms with van der Waals surface area (Å²) in [6, 6.07) is 14.1. The maximum Gasteiger partial charge on any atom is 0.355 e. The third kappa shape index (κ3) is 5.05. The van der Waals surface area contributed by atoms with Crippen molar-refractivity contribution in [3.63, 3.8) is 0 Å². The average molecular weight is 457 g/mol. The van der Waals surface area contributed by atoms with E-state index < -0.39 is 10.8 Å². The monoisotopic (exact) mass is 456 g/mol. The van der Waals surface area contributed by atoms with E-state index in [0.29, 0.717) is 11.3 Å². The molecule has 0 aliphatic heterocycles. The van der Waals surface area contributed by atoms with Gasteiger partial charge in [0, 0.05) is 15.7 Å². The summed E-state index contributed by atoms with van der Waals surface area (Å²) in [5, 5.41) is 14.5. The van der Waals surface area contributed by atoms with Crippen LogP contribution in [-0.4, -0.2) is 20.8 Å². The van der Waals surface area contributed by atoms with E-state index in [2.05, 4.69) is 42.1 Å². The van der Waals surface area contributed by atoms with Gasteiger partial charge in [0.05, 0.1) is 4.92 Å². The summed E-state index contributed by atoms with van der Waals surface area (Å²) in [4.78, 5) is 31.1. The first-order valence-corrected chi connectivity index (χ1v) is 9.44. The third-order valence-corrected chi connectivity index (χ3v) is 4.56. The predicted octanol–water partition coefficient (Wildman–Crippen LogP) is 4.21. The molecular formula is C19H17BrN6O3. The van der Waals surface area contributed by atoms with Gasteiger partial charge >= 0.3 is 5.69 Å². The highest BCUT2D eigenvalue weighted by Gasteiger charge is 2.23. The normalized spacial score (nSPS) is 10.3. The van der Waals surface area contributed by atoms with Crippen molar-refractivity contribution in [3.05, 3.63) is 80.6 Å². The number of nitrogens with zero attached hydrogens (tertiary/aromatic N) is 3. The van der Waals surface area contributed by atoms with Crippen LogP contribution in [0.5, 0.6) is 0 Å². The highest BCUT2D eigenvalue weighted by Crippen LogP contribution is 2.30. The summed E-state index contributed by atoms with van der Waals surface area (Å²) in [6.45, 7) is 2.04. The largest absolute Gasteiger partial charge is 0.355 e. The van der Waals surface area contributed by atoms with Crippen molar-refractivity contribution in [2.24, 2.45) is 0 Å². The number of carbonyl (C=O) groups excluding carboxylic acids is 1. The smallest absolute Gasteiger partial charge is 0.334 e. The van der Waals surface area contributed by atoms with Crippen molar-refractivity contribution in [3.8, 4) is 0 Å². The van der Waals surface area contributed by atoms with E-state index in [1.165, 1.54) is 6.33 Å². The summed E-state index contributed by atoms with van der Waals surface area (Å²) >= 11 is 3.29. The molecule has 3 aromatic rings. The maximum atomic E-state index is 12.2. The van der Waals surface area contributed by atoms with E-state index in [-0.39, 0.29) is 17.3 Å². The quantitative estimate of drug-likeness (QED) is 0.359. The Morgan fingerprint density at radius 2 is 1.72 bits per heavy atom. The standard InChI is InChI=1S/C19H17BrN6O3/c1-2-12-3-9-15(10-4-12)23-17-16(26(28)29)18(22-11-21-17)24-25-19(27)13-5-7-14(20)8-6-13/h3-11H,2H2,1H3,(H,25,27)(H2,21,22,23,24). The number of carbonyl (C=O) groups is 1. The summed E-state index contributed by atoms with van der Waals surface area (Å²) in [5.74, 6) is -0.590. The molecule has 148 valence electrons. The molecule has 3 N–H and O–H groups in total. The fraction of sp³-hybridized carbons (Fsp3) is 0.105. The molecule has 2 aromatic carbocycles. The van der Waals surface area contributed by atoms with E-state index in [4.69, 9.17) is 0 Å². The molecule has 1 heterocycles. The lowest BCUT2D eigenvalue weighted by Crippen LogP contribution is -2.30. The molecule has 3 rings (SSSR count). The molecule has 1 amide bonds. The van der Waals surface area contributed by atoms with Gasteiger partial charge in [0.2, 0.25) is 11.6 Å². The minimum Gasteiger partial charge on any atom is -0.334 e. The number of hydrogen-bond acceptors (Lipinski definition) is 7. The molecular weight excluding hydrogens is 440 g/mol. The minimum absolute atomic E-state index is 0.00893. The topological polar surface area (TPSA) is 122 Å². The Bertz CT molecular complexity index is 1030. The highest BCUT2D eigenvalue weighted by molar-refractivity contribution is 9.10. The Kier molecular flexibility index (Phi) is 6.35. The summed E-state index contributed by atoms with van der Waals surface area (Å²) < 4.78 is 0.830. The number of halogens is 1. The van der Waals surface area contributed by atoms with Crippen LogP contribution < -0.4 is 16.2 Å². The number of aromatic nitrogens is 2. The van der Waals surface area contributed by atoms with Crippen LogP contribution in [-0.2, 0) is 6.42 Å². The molecule has 0 saturated carbocycles. The van der Waals surface area contributed by atoms with Crippen molar-refractivity contribution < 1.29 is 9.72 Å². The van der Waals surface area contributed by atoms with Gasteiger partial charge in [0.15, 0.2) is 0 Å². The first-order chi connectivity index (χ1) is 14.0. The molecule has 1 aromatic heterocycles. The Morgan fingerprint density at radius 3 is 2.34 bits per heavy atom. The van der Waals surface area contributed by atoms with Gasteiger partial charge in [0.1, 0.15) is 6.33 Å². The molecule has 0 atom stereocenters. The van der Waals surface area contributed by atoms with Gasteiger partial charge in [-0.25, -0.2) is 9.97 Å².